The Hall–Kier alpha value is -2.83. The molecule has 0 spiro atoms. The molecule has 1 N–H and O–H groups in total. The Morgan fingerprint density at radius 1 is 0.903 bits per heavy atom. The average molecular weight is 457 g/mol. The van der Waals surface area contributed by atoms with Crippen molar-refractivity contribution in [1.29, 1.82) is 0 Å². The standard InChI is InChI=1S/C24H25ClN2O3S/c1-18-3-13-23(14-4-18)27(31(2,29)30)17-20-5-9-21(10-6-20)24(28)26-16-15-19-7-11-22(25)12-8-19/h3-14H,15-17H2,1-2H3,(H,26,28). The fourth-order valence-corrected chi connectivity index (χ4v) is 4.13. The van der Waals surface area contributed by atoms with Gasteiger partial charge in [-0.1, -0.05) is 53.6 Å². The molecule has 1 amide bonds. The van der Waals surface area contributed by atoms with Gasteiger partial charge in [-0.15, -0.1) is 0 Å². The summed E-state index contributed by atoms with van der Waals surface area (Å²) in [6.45, 7) is 2.66. The third-order valence-corrected chi connectivity index (χ3v) is 6.27. The van der Waals surface area contributed by atoms with E-state index in [2.05, 4.69) is 5.32 Å². The zero-order valence-corrected chi connectivity index (χ0v) is 19.1. The first-order valence-corrected chi connectivity index (χ1v) is 12.1. The topological polar surface area (TPSA) is 66.5 Å². The second kappa shape index (κ2) is 9.98. The third-order valence-electron chi connectivity index (χ3n) is 4.88. The molecule has 0 aliphatic heterocycles. The first-order valence-electron chi connectivity index (χ1n) is 9.88. The number of rotatable bonds is 8. The SMILES string of the molecule is Cc1ccc(N(Cc2ccc(C(=O)NCCc3ccc(Cl)cc3)cc2)S(C)(=O)=O)cc1. The molecular formula is C24H25ClN2O3S. The van der Waals surface area contributed by atoms with Crippen LogP contribution in [0, 0.1) is 6.92 Å². The minimum atomic E-state index is -3.45. The Labute approximate surface area is 188 Å². The summed E-state index contributed by atoms with van der Waals surface area (Å²) in [4.78, 5) is 12.4. The molecule has 3 aromatic rings. The fourth-order valence-electron chi connectivity index (χ4n) is 3.11. The normalized spacial score (nSPS) is 11.2. The lowest BCUT2D eigenvalue weighted by molar-refractivity contribution is 0.0954. The summed E-state index contributed by atoms with van der Waals surface area (Å²) in [6, 6.07) is 21.8. The van der Waals surface area contributed by atoms with E-state index in [1.54, 1.807) is 36.4 Å². The maximum atomic E-state index is 12.4. The predicted octanol–water partition coefficient (Wildman–Crippen LogP) is 4.59. The molecule has 0 unspecified atom stereocenters. The van der Waals surface area contributed by atoms with Gasteiger partial charge < -0.3 is 5.32 Å². The van der Waals surface area contributed by atoms with Crippen LogP contribution in [0.2, 0.25) is 5.02 Å². The first kappa shape index (κ1) is 22.8. The summed E-state index contributed by atoms with van der Waals surface area (Å²) in [5.41, 5.74) is 4.09. The molecule has 0 heterocycles. The van der Waals surface area contributed by atoms with Crippen LogP contribution in [0.5, 0.6) is 0 Å². The number of aryl methyl sites for hydroxylation is 1. The van der Waals surface area contributed by atoms with Crippen LogP contribution in [-0.2, 0) is 23.0 Å². The largest absolute Gasteiger partial charge is 0.352 e. The average Bonchev–Trinajstić information content (AvgIpc) is 2.74. The van der Waals surface area contributed by atoms with E-state index in [4.69, 9.17) is 11.6 Å². The van der Waals surface area contributed by atoms with Crippen LogP contribution in [0.3, 0.4) is 0 Å². The van der Waals surface area contributed by atoms with E-state index >= 15 is 0 Å². The Kier molecular flexibility index (Phi) is 7.36. The Morgan fingerprint density at radius 3 is 2.06 bits per heavy atom. The Balaban J connectivity index is 1.62. The third kappa shape index (κ3) is 6.57. The predicted molar refractivity (Wildman–Crippen MR) is 126 cm³/mol. The van der Waals surface area contributed by atoms with E-state index in [-0.39, 0.29) is 12.5 Å². The van der Waals surface area contributed by atoms with Crippen molar-refractivity contribution < 1.29 is 13.2 Å². The summed E-state index contributed by atoms with van der Waals surface area (Å²) < 4.78 is 26.0. The minimum absolute atomic E-state index is 0.168. The van der Waals surface area contributed by atoms with E-state index in [9.17, 15) is 13.2 Å². The monoisotopic (exact) mass is 456 g/mol. The van der Waals surface area contributed by atoms with Gasteiger partial charge in [0.15, 0.2) is 0 Å². The lowest BCUT2D eigenvalue weighted by Gasteiger charge is -2.22. The van der Waals surface area contributed by atoms with E-state index in [1.807, 2.05) is 43.3 Å². The number of nitrogens with one attached hydrogen (secondary N) is 1. The van der Waals surface area contributed by atoms with E-state index < -0.39 is 10.0 Å². The van der Waals surface area contributed by atoms with Crippen LogP contribution >= 0.6 is 11.6 Å². The quantitative estimate of drug-likeness (QED) is 0.539. The minimum Gasteiger partial charge on any atom is -0.352 e. The van der Waals surface area contributed by atoms with Gasteiger partial charge >= 0.3 is 0 Å². The molecule has 0 radical (unpaired) electrons. The molecule has 0 atom stereocenters. The molecule has 0 saturated heterocycles. The van der Waals surface area contributed by atoms with Gasteiger partial charge in [0.2, 0.25) is 10.0 Å². The molecule has 0 aromatic heterocycles. The Morgan fingerprint density at radius 2 is 1.48 bits per heavy atom. The number of hydrogen-bond acceptors (Lipinski definition) is 3. The van der Waals surface area contributed by atoms with Crippen molar-refractivity contribution in [3.05, 3.63) is 100 Å². The lowest BCUT2D eigenvalue weighted by Crippen LogP contribution is -2.29. The molecular weight excluding hydrogens is 432 g/mol. The summed E-state index contributed by atoms with van der Waals surface area (Å²) >= 11 is 5.88. The molecule has 7 heteroatoms. The molecule has 5 nitrogen and oxygen atoms in total. The summed E-state index contributed by atoms with van der Waals surface area (Å²) in [5, 5.41) is 3.58. The van der Waals surface area contributed by atoms with Crippen LogP contribution in [-0.4, -0.2) is 27.1 Å². The van der Waals surface area contributed by atoms with Gasteiger partial charge in [-0.05, 0) is 60.9 Å². The maximum Gasteiger partial charge on any atom is 0.251 e. The van der Waals surface area contributed by atoms with E-state index in [0.717, 1.165) is 16.7 Å². The fraction of sp³-hybridized carbons (Fsp3) is 0.208. The lowest BCUT2D eigenvalue weighted by atomic mass is 10.1. The van der Waals surface area contributed by atoms with Gasteiger partial charge in [0.25, 0.3) is 5.91 Å². The molecule has 0 saturated carbocycles. The number of benzene rings is 3. The molecule has 0 bridgehead atoms. The van der Waals surface area contributed by atoms with Gasteiger partial charge in [-0.25, -0.2) is 8.42 Å². The second-order valence-corrected chi connectivity index (χ2v) is 9.78. The van der Waals surface area contributed by atoms with Gasteiger partial charge in [-0.3, -0.25) is 9.10 Å². The zero-order valence-electron chi connectivity index (χ0n) is 17.5. The van der Waals surface area contributed by atoms with E-state index in [0.29, 0.717) is 29.2 Å². The number of hydrogen-bond donors (Lipinski definition) is 1. The van der Waals surface area contributed by atoms with Gasteiger partial charge in [0.1, 0.15) is 0 Å². The number of carbonyl (C=O) groups is 1. The van der Waals surface area contributed by atoms with Crippen molar-refractivity contribution in [2.45, 2.75) is 19.9 Å². The van der Waals surface area contributed by atoms with Crippen LogP contribution in [0.25, 0.3) is 0 Å². The zero-order chi connectivity index (χ0) is 22.4. The van der Waals surface area contributed by atoms with Crippen molar-refractivity contribution in [1.82, 2.24) is 5.32 Å². The summed E-state index contributed by atoms with van der Waals surface area (Å²) in [7, 11) is -3.45. The van der Waals surface area contributed by atoms with Crippen LogP contribution in [0.4, 0.5) is 5.69 Å². The van der Waals surface area contributed by atoms with Crippen LogP contribution in [0.1, 0.15) is 27.0 Å². The van der Waals surface area contributed by atoms with Crippen molar-refractivity contribution in [3.63, 3.8) is 0 Å². The molecule has 0 aliphatic rings. The number of anilines is 1. The molecule has 0 fully saturated rings. The van der Waals surface area contributed by atoms with Gasteiger partial charge in [0, 0.05) is 17.1 Å². The molecule has 3 aromatic carbocycles. The van der Waals surface area contributed by atoms with Crippen LogP contribution < -0.4 is 9.62 Å². The highest BCUT2D eigenvalue weighted by Crippen LogP contribution is 2.21. The molecule has 0 aliphatic carbocycles. The molecule has 162 valence electrons. The number of sulfonamides is 1. The highest BCUT2D eigenvalue weighted by atomic mass is 35.5. The number of carbonyl (C=O) groups excluding carboxylic acids is 1. The molecule has 3 rings (SSSR count). The second-order valence-electron chi connectivity index (χ2n) is 7.43. The maximum absolute atomic E-state index is 12.4. The van der Waals surface area contributed by atoms with Crippen molar-refractivity contribution >= 4 is 33.2 Å². The number of amides is 1. The van der Waals surface area contributed by atoms with Gasteiger partial charge in [-0.2, -0.15) is 0 Å². The Bertz CT molecular complexity index is 1130. The van der Waals surface area contributed by atoms with Crippen molar-refractivity contribution in [2.24, 2.45) is 0 Å². The van der Waals surface area contributed by atoms with Crippen LogP contribution in [0.15, 0.2) is 72.8 Å². The smallest absolute Gasteiger partial charge is 0.251 e. The van der Waals surface area contributed by atoms with Gasteiger partial charge in [0.05, 0.1) is 18.5 Å². The number of nitrogens with zero attached hydrogens (tertiary/aromatic N) is 1. The van der Waals surface area contributed by atoms with E-state index in [1.165, 1.54) is 10.6 Å². The van der Waals surface area contributed by atoms with Crippen molar-refractivity contribution in [3.8, 4) is 0 Å². The number of halogens is 1. The summed E-state index contributed by atoms with van der Waals surface area (Å²) in [5.74, 6) is -0.168. The first-order chi connectivity index (χ1) is 14.7. The highest BCUT2D eigenvalue weighted by molar-refractivity contribution is 7.92. The summed E-state index contributed by atoms with van der Waals surface area (Å²) in [6.07, 6.45) is 1.90. The van der Waals surface area contributed by atoms with Crippen molar-refractivity contribution in [2.75, 3.05) is 17.1 Å². The highest BCUT2D eigenvalue weighted by Gasteiger charge is 2.18. The molecule has 31 heavy (non-hydrogen) atoms.